The van der Waals surface area contributed by atoms with Crippen molar-refractivity contribution in [1.29, 1.82) is 0 Å². The fourth-order valence-electron chi connectivity index (χ4n) is 1.94. The summed E-state index contributed by atoms with van der Waals surface area (Å²) in [5.74, 6) is 1.36. The maximum atomic E-state index is 6.12. The molecule has 1 heterocycles. The molecule has 0 radical (unpaired) electrons. The lowest BCUT2D eigenvalue weighted by molar-refractivity contribution is 0.112. The molecular formula is C10H22N2. The molecule has 12 heavy (non-hydrogen) atoms. The second kappa shape index (κ2) is 3.00. The van der Waals surface area contributed by atoms with Crippen molar-refractivity contribution in [3.05, 3.63) is 0 Å². The fraction of sp³-hybridized carbons (Fsp3) is 1.00. The minimum Gasteiger partial charge on any atom is -0.315 e. The largest absolute Gasteiger partial charge is 0.315 e. The predicted molar refractivity (Wildman–Crippen MR) is 52.8 cm³/mol. The Morgan fingerprint density at radius 2 is 1.75 bits per heavy atom. The van der Waals surface area contributed by atoms with Gasteiger partial charge in [-0.15, -0.1) is 0 Å². The zero-order chi connectivity index (χ0) is 9.52. The monoisotopic (exact) mass is 170 g/mol. The van der Waals surface area contributed by atoms with Gasteiger partial charge < -0.3 is 5.73 Å². The van der Waals surface area contributed by atoms with E-state index in [2.05, 4.69) is 39.5 Å². The summed E-state index contributed by atoms with van der Waals surface area (Å²) in [6, 6.07) is 0. The Balaban J connectivity index is 2.71. The Hall–Kier alpha value is -0.0800. The van der Waals surface area contributed by atoms with Crippen LogP contribution >= 0.6 is 0 Å². The van der Waals surface area contributed by atoms with Gasteiger partial charge in [0.2, 0.25) is 0 Å². The number of hydrogen-bond acceptors (Lipinski definition) is 2. The van der Waals surface area contributed by atoms with Gasteiger partial charge in [0.15, 0.2) is 0 Å². The van der Waals surface area contributed by atoms with Crippen LogP contribution in [0.15, 0.2) is 0 Å². The molecule has 3 unspecified atom stereocenters. The van der Waals surface area contributed by atoms with Crippen LogP contribution in [0.5, 0.6) is 0 Å². The first-order chi connectivity index (χ1) is 5.34. The Bertz CT molecular complexity index is 160. The topological polar surface area (TPSA) is 29.3 Å². The van der Waals surface area contributed by atoms with Gasteiger partial charge in [-0.2, -0.15) is 0 Å². The highest BCUT2D eigenvalue weighted by atomic mass is 15.3. The fourth-order valence-corrected chi connectivity index (χ4v) is 1.94. The summed E-state index contributed by atoms with van der Waals surface area (Å²) in [6.45, 7) is 12.4. The quantitative estimate of drug-likeness (QED) is 0.599. The normalized spacial score (nSPS) is 39.0. The van der Waals surface area contributed by atoms with Crippen LogP contribution in [0.3, 0.4) is 0 Å². The molecular weight excluding hydrogens is 148 g/mol. The Kier molecular flexibility index (Phi) is 2.50. The molecule has 72 valence electrons. The van der Waals surface area contributed by atoms with Gasteiger partial charge in [0.25, 0.3) is 0 Å². The molecule has 0 spiro atoms. The van der Waals surface area contributed by atoms with E-state index in [1.165, 1.54) is 0 Å². The smallest absolute Gasteiger partial charge is 0.0605 e. The number of nitrogens with two attached hydrogens (primary N) is 1. The molecule has 2 nitrogen and oxygen atoms in total. The van der Waals surface area contributed by atoms with Crippen LogP contribution < -0.4 is 5.73 Å². The van der Waals surface area contributed by atoms with E-state index < -0.39 is 0 Å². The van der Waals surface area contributed by atoms with E-state index >= 15 is 0 Å². The van der Waals surface area contributed by atoms with Gasteiger partial charge in [-0.25, -0.2) is 0 Å². The van der Waals surface area contributed by atoms with E-state index in [0.29, 0.717) is 5.92 Å². The molecule has 3 atom stereocenters. The Morgan fingerprint density at radius 1 is 1.25 bits per heavy atom. The van der Waals surface area contributed by atoms with Crippen molar-refractivity contribution in [1.82, 2.24) is 4.90 Å². The number of likely N-dealkylation sites (tertiary alicyclic amines) is 1. The average Bonchev–Trinajstić information content (AvgIpc) is 2.15. The summed E-state index contributed by atoms with van der Waals surface area (Å²) < 4.78 is 0. The van der Waals surface area contributed by atoms with Crippen LogP contribution in [-0.4, -0.2) is 23.1 Å². The molecule has 0 aliphatic carbocycles. The zero-order valence-electron chi connectivity index (χ0n) is 8.96. The van der Waals surface area contributed by atoms with Crippen LogP contribution in [0.25, 0.3) is 0 Å². The lowest BCUT2D eigenvalue weighted by Gasteiger charge is -2.35. The summed E-state index contributed by atoms with van der Waals surface area (Å²) in [5, 5.41) is 0. The van der Waals surface area contributed by atoms with Gasteiger partial charge in [0.1, 0.15) is 0 Å². The highest BCUT2D eigenvalue weighted by Crippen LogP contribution is 2.31. The maximum Gasteiger partial charge on any atom is 0.0605 e. The first-order valence-corrected chi connectivity index (χ1v) is 4.86. The first-order valence-electron chi connectivity index (χ1n) is 4.86. The van der Waals surface area contributed by atoms with Gasteiger partial charge in [-0.3, -0.25) is 4.90 Å². The standard InChI is InChI=1S/C10H22N2/c1-7-6-12(10(3,4)5)9(11)8(7)2/h7-9H,6,11H2,1-5H3. The van der Waals surface area contributed by atoms with Crippen molar-refractivity contribution in [3.63, 3.8) is 0 Å². The van der Waals surface area contributed by atoms with Gasteiger partial charge in [-0.05, 0) is 32.6 Å². The molecule has 0 bridgehead atoms. The van der Waals surface area contributed by atoms with Crippen LogP contribution in [0.2, 0.25) is 0 Å². The lowest BCUT2D eigenvalue weighted by Crippen LogP contribution is -2.50. The van der Waals surface area contributed by atoms with Crippen molar-refractivity contribution < 1.29 is 0 Å². The lowest BCUT2D eigenvalue weighted by atomic mass is 9.99. The molecule has 0 amide bonds. The number of rotatable bonds is 0. The molecule has 1 fully saturated rings. The average molecular weight is 170 g/mol. The molecule has 0 aromatic carbocycles. The first kappa shape index (κ1) is 10.0. The SMILES string of the molecule is CC1CN(C(C)(C)C)C(N)C1C. The van der Waals surface area contributed by atoms with Crippen LogP contribution in [0.4, 0.5) is 0 Å². The minimum absolute atomic E-state index is 0.221. The summed E-state index contributed by atoms with van der Waals surface area (Å²) >= 11 is 0. The van der Waals surface area contributed by atoms with Gasteiger partial charge in [0, 0.05) is 12.1 Å². The van der Waals surface area contributed by atoms with E-state index in [4.69, 9.17) is 5.73 Å². The highest BCUT2D eigenvalue weighted by molar-refractivity contribution is 4.91. The Morgan fingerprint density at radius 3 is 1.92 bits per heavy atom. The van der Waals surface area contributed by atoms with E-state index in [9.17, 15) is 0 Å². The molecule has 1 aliphatic heterocycles. The van der Waals surface area contributed by atoms with Crippen LogP contribution in [0.1, 0.15) is 34.6 Å². The third-order valence-corrected chi connectivity index (χ3v) is 3.14. The number of nitrogens with zero attached hydrogens (tertiary/aromatic N) is 1. The van der Waals surface area contributed by atoms with Crippen LogP contribution in [-0.2, 0) is 0 Å². The summed E-state index contributed by atoms with van der Waals surface area (Å²) in [7, 11) is 0. The van der Waals surface area contributed by atoms with Crippen molar-refractivity contribution in [2.75, 3.05) is 6.54 Å². The number of hydrogen-bond donors (Lipinski definition) is 1. The van der Waals surface area contributed by atoms with Crippen molar-refractivity contribution in [2.24, 2.45) is 17.6 Å². The molecule has 0 saturated carbocycles. The molecule has 1 rings (SSSR count). The van der Waals surface area contributed by atoms with E-state index in [0.717, 1.165) is 12.5 Å². The molecule has 2 heteroatoms. The Labute approximate surface area is 76.1 Å². The van der Waals surface area contributed by atoms with E-state index in [1.54, 1.807) is 0 Å². The zero-order valence-corrected chi connectivity index (χ0v) is 8.96. The molecule has 1 aliphatic rings. The maximum absolute atomic E-state index is 6.12. The minimum atomic E-state index is 0.221. The van der Waals surface area contributed by atoms with E-state index in [1.807, 2.05) is 0 Å². The summed E-state index contributed by atoms with van der Waals surface area (Å²) in [6.07, 6.45) is 0.250. The van der Waals surface area contributed by atoms with Gasteiger partial charge in [0.05, 0.1) is 6.17 Å². The molecule has 2 N–H and O–H groups in total. The van der Waals surface area contributed by atoms with Crippen molar-refractivity contribution in [2.45, 2.75) is 46.3 Å². The third kappa shape index (κ3) is 1.64. The van der Waals surface area contributed by atoms with Gasteiger partial charge in [-0.1, -0.05) is 13.8 Å². The van der Waals surface area contributed by atoms with Crippen molar-refractivity contribution >= 4 is 0 Å². The van der Waals surface area contributed by atoms with Gasteiger partial charge >= 0.3 is 0 Å². The second-order valence-electron chi connectivity index (χ2n) is 5.15. The summed E-state index contributed by atoms with van der Waals surface area (Å²) in [5.41, 5.74) is 6.35. The second-order valence-corrected chi connectivity index (χ2v) is 5.15. The third-order valence-electron chi connectivity index (χ3n) is 3.14. The van der Waals surface area contributed by atoms with Crippen molar-refractivity contribution in [3.8, 4) is 0 Å². The van der Waals surface area contributed by atoms with Crippen LogP contribution in [0, 0.1) is 11.8 Å². The predicted octanol–water partition coefficient (Wildman–Crippen LogP) is 1.66. The molecule has 0 aromatic heterocycles. The highest BCUT2D eigenvalue weighted by Gasteiger charge is 2.39. The summed E-state index contributed by atoms with van der Waals surface area (Å²) in [4.78, 5) is 2.41. The van der Waals surface area contributed by atoms with E-state index in [-0.39, 0.29) is 11.7 Å². The molecule has 0 aromatic rings. The molecule has 1 saturated heterocycles.